The number of carbonyl (C=O) groups is 1. The Morgan fingerprint density at radius 2 is 2.14 bits per heavy atom. The second kappa shape index (κ2) is 6.88. The summed E-state index contributed by atoms with van der Waals surface area (Å²) in [5.74, 6) is 0.166. The maximum Gasteiger partial charge on any atom is 0.265 e. The van der Waals surface area contributed by atoms with E-state index < -0.39 is 15.9 Å². The third-order valence-electron chi connectivity index (χ3n) is 4.14. The third kappa shape index (κ3) is 4.04. The summed E-state index contributed by atoms with van der Waals surface area (Å²) in [5.41, 5.74) is 0.135. The first-order valence-electron chi connectivity index (χ1n) is 7.33. The number of nitriles is 1. The lowest BCUT2D eigenvalue weighted by molar-refractivity contribution is -0.120. The number of nitrogens with one attached hydrogen (secondary N) is 1. The molecule has 0 aliphatic heterocycles. The standard InChI is InChI=1S/C15H19N3O3S/c1-11-4-2-3-5-13(11)7-15(19)18-22(20,21)14-6-12(8-16)9-17-10-14/h6,9-11,13H,2-5,7H2,1H3,(H,18,19). The third-order valence-corrected chi connectivity index (χ3v) is 5.48. The van der Waals surface area contributed by atoms with E-state index in [0.29, 0.717) is 5.92 Å². The number of carbonyl (C=O) groups excluding carboxylic acids is 1. The number of rotatable bonds is 4. The smallest absolute Gasteiger partial charge is 0.265 e. The molecule has 0 aromatic carbocycles. The fraction of sp³-hybridized carbons (Fsp3) is 0.533. The van der Waals surface area contributed by atoms with Gasteiger partial charge in [0.2, 0.25) is 5.91 Å². The predicted molar refractivity (Wildman–Crippen MR) is 80.0 cm³/mol. The molecule has 2 unspecified atom stereocenters. The van der Waals surface area contributed by atoms with E-state index in [9.17, 15) is 13.2 Å². The normalized spacial score (nSPS) is 21.8. The van der Waals surface area contributed by atoms with Gasteiger partial charge in [0.15, 0.2) is 0 Å². The molecule has 1 aliphatic rings. The Morgan fingerprint density at radius 3 is 2.82 bits per heavy atom. The van der Waals surface area contributed by atoms with Crippen LogP contribution in [-0.4, -0.2) is 19.3 Å². The molecule has 1 aromatic heterocycles. The zero-order chi connectivity index (χ0) is 16.2. The number of nitrogens with zero attached hydrogens (tertiary/aromatic N) is 2. The number of hydrogen-bond acceptors (Lipinski definition) is 5. The summed E-state index contributed by atoms with van der Waals surface area (Å²) in [4.78, 5) is 15.6. The topological polar surface area (TPSA) is 99.9 Å². The number of sulfonamides is 1. The Bertz CT molecular complexity index is 694. The quantitative estimate of drug-likeness (QED) is 0.914. The Morgan fingerprint density at radius 1 is 1.41 bits per heavy atom. The Labute approximate surface area is 130 Å². The van der Waals surface area contributed by atoms with Crippen LogP contribution in [0.1, 0.15) is 44.6 Å². The van der Waals surface area contributed by atoms with E-state index in [1.807, 2.05) is 6.07 Å². The largest absolute Gasteiger partial charge is 0.274 e. The first-order chi connectivity index (χ1) is 10.4. The molecule has 1 fully saturated rings. The van der Waals surface area contributed by atoms with E-state index in [-0.39, 0.29) is 22.8 Å². The molecule has 6 nitrogen and oxygen atoms in total. The molecule has 1 saturated carbocycles. The molecule has 0 spiro atoms. The molecule has 22 heavy (non-hydrogen) atoms. The van der Waals surface area contributed by atoms with E-state index in [1.54, 1.807) is 0 Å². The molecule has 118 valence electrons. The average Bonchev–Trinajstić information content (AvgIpc) is 2.49. The van der Waals surface area contributed by atoms with Gasteiger partial charge in [-0.1, -0.05) is 26.2 Å². The molecule has 7 heteroatoms. The van der Waals surface area contributed by atoms with Crippen LogP contribution >= 0.6 is 0 Å². The number of pyridine rings is 1. The van der Waals surface area contributed by atoms with Crippen molar-refractivity contribution in [2.24, 2.45) is 11.8 Å². The summed E-state index contributed by atoms with van der Waals surface area (Å²) in [7, 11) is -3.97. The zero-order valence-electron chi connectivity index (χ0n) is 12.4. The van der Waals surface area contributed by atoms with Crippen LogP contribution in [0.2, 0.25) is 0 Å². The van der Waals surface area contributed by atoms with Crippen molar-refractivity contribution in [3.05, 3.63) is 24.0 Å². The molecule has 2 atom stereocenters. The minimum absolute atomic E-state index is 0.135. The lowest BCUT2D eigenvalue weighted by atomic mass is 9.78. The minimum Gasteiger partial charge on any atom is -0.274 e. The fourth-order valence-electron chi connectivity index (χ4n) is 2.81. The second-order valence-corrected chi connectivity index (χ2v) is 7.46. The van der Waals surface area contributed by atoms with E-state index in [0.717, 1.165) is 25.5 Å². The van der Waals surface area contributed by atoms with Gasteiger partial charge in [-0.25, -0.2) is 13.1 Å². The zero-order valence-corrected chi connectivity index (χ0v) is 13.3. The van der Waals surface area contributed by atoms with Crippen LogP contribution in [0.15, 0.2) is 23.4 Å². The minimum atomic E-state index is -3.97. The van der Waals surface area contributed by atoms with E-state index in [1.165, 1.54) is 18.7 Å². The van der Waals surface area contributed by atoms with Crippen molar-refractivity contribution in [2.75, 3.05) is 0 Å². The van der Waals surface area contributed by atoms with Crippen molar-refractivity contribution in [2.45, 2.75) is 43.9 Å². The van der Waals surface area contributed by atoms with Gasteiger partial charge < -0.3 is 0 Å². The molecule has 1 amide bonds. The second-order valence-electron chi connectivity index (χ2n) is 5.78. The molecule has 0 bridgehead atoms. The first kappa shape index (κ1) is 16.4. The Hall–Kier alpha value is -1.94. The van der Waals surface area contributed by atoms with Crippen molar-refractivity contribution in [3.63, 3.8) is 0 Å². The monoisotopic (exact) mass is 321 g/mol. The Balaban J connectivity index is 2.04. The van der Waals surface area contributed by atoms with Crippen LogP contribution in [-0.2, 0) is 14.8 Å². The molecule has 2 rings (SSSR count). The van der Waals surface area contributed by atoms with Crippen molar-refractivity contribution in [1.29, 1.82) is 5.26 Å². The highest BCUT2D eigenvalue weighted by Crippen LogP contribution is 2.31. The lowest BCUT2D eigenvalue weighted by Crippen LogP contribution is -2.33. The van der Waals surface area contributed by atoms with Crippen LogP contribution in [0.3, 0.4) is 0 Å². The van der Waals surface area contributed by atoms with Gasteiger partial charge in [0.25, 0.3) is 10.0 Å². The molecular formula is C15H19N3O3S. The van der Waals surface area contributed by atoms with Gasteiger partial charge in [0, 0.05) is 18.8 Å². The van der Waals surface area contributed by atoms with Crippen molar-refractivity contribution < 1.29 is 13.2 Å². The van der Waals surface area contributed by atoms with Crippen molar-refractivity contribution >= 4 is 15.9 Å². The summed E-state index contributed by atoms with van der Waals surface area (Å²) in [6.45, 7) is 2.10. The summed E-state index contributed by atoms with van der Waals surface area (Å²) in [6, 6.07) is 3.02. The van der Waals surface area contributed by atoms with Crippen LogP contribution in [0.25, 0.3) is 0 Å². The highest BCUT2D eigenvalue weighted by molar-refractivity contribution is 7.90. The molecular weight excluding hydrogens is 302 g/mol. The summed E-state index contributed by atoms with van der Waals surface area (Å²) in [6.07, 6.45) is 6.91. The van der Waals surface area contributed by atoms with Gasteiger partial charge in [-0.2, -0.15) is 5.26 Å². The fourth-order valence-corrected chi connectivity index (χ4v) is 3.79. The van der Waals surface area contributed by atoms with Crippen LogP contribution < -0.4 is 4.72 Å². The molecule has 1 N–H and O–H groups in total. The summed E-state index contributed by atoms with van der Waals surface area (Å²) >= 11 is 0. The van der Waals surface area contributed by atoms with E-state index >= 15 is 0 Å². The van der Waals surface area contributed by atoms with Crippen molar-refractivity contribution in [3.8, 4) is 6.07 Å². The number of aromatic nitrogens is 1. The van der Waals surface area contributed by atoms with Crippen LogP contribution in [0.4, 0.5) is 0 Å². The van der Waals surface area contributed by atoms with Gasteiger partial charge in [-0.15, -0.1) is 0 Å². The van der Waals surface area contributed by atoms with Gasteiger partial charge in [0.05, 0.1) is 5.56 Å². The van der Waals surface area contributed by atoms with Gasteiger partial charge in [-0.05, 0) is 24.3 Å². The van der Waals surface area contributed by atoms with Gasteiger partial charge >= 0.3 is 0 Å². The maximum atomic E-state index is 12.2. The highest BCUT2D eigenvalue weighted by atomic mass is 32.2. The summed E-state index contributed by atoms with van der Waals surface area (Å²) in [5, 5.41) is 8.78. The van der Waals surface area contributed by atoms with E-state index in [4.69, 9.17) is 5.26 Å². The van der Waals surface area contributed by atoms with Crippen molar-refractivity contribution in [1.82, 2.24) is 9.71 Å². The molecule has 1 aromatic rings. The van der Waals surface area contributed by atoms with Crippen LogP contribution in [0, 0.1) is 23.2 Å². The number of amides is 1. The predicted octanol–water partition coefficient (Wildman–Crippen LogP) is 1.97. The Kier molecular flexibility index (Phi) is 5.14. The lowest BCUT2D eigenvalue weighted by Gasteiger charge is -2.28. The van der Waals surface area contributed by atoms with Gasteiger partial charge in [0.1, 0.15) is 11.0 Å². The first-order valence-corrected chi connectivity index (χ1v) is 8.81. The SMILES string of the molecule is CC1CCCCC1CC(=O)NS(=O)(=O)c1cncc(C#N)c1. The summed E-state index contributed by atoms with van der Waals surface area (Å²) < 4.78 is 26.4. The highest BCUT2D eigenvalue weighted by Gasteiger charge is 2.26. The van der Waals surface area contributed by atoms with Gasteiger partial charge in [-0.3, -0.25) is 9.78 Å². The van der Waals surface area contributed by atoms with E-state index in [2.05, 4.69) is 16.6 Å². The molecule has 1 aliphatic carbocycles. The maximum absolute atomic E-state index is 12.2. The molecule has 1 heterocycles. The van der Waals surface area contributed by atoms with Crippen LogP contribution in [0.5, 0.6) is 0 Å². The average molecular weight is 321 g/mol. The molecule has 0 radical (unpaired) electrons. The number of hydrogen-bond donors (Lipinski definition) is 1. The molecule has 0 saturated heterocycles.